The molecule has 0 aliphatic carbocycles. The second-order valence-corrected chi connectivity index (χ2v) is 6.13. The lowest BCUT2D eigenvalue weighted by molar-refractivity contribution is 0.253. The standard InChI is InChI=1S/C13H18N2O3S/c1-3-6-15(7-8-16)19(17,18)13-5-4-12(10-14)9-11(13)2/h4-5,9,16H,3,6-8H2,1-2H3. The number of nitriles is 1. The van der Waals surface area contributed by atoms with Crippen LogP contribution < -0.4 is 0 Å². The second-order valence-electron chi connectivity index (χ2n) is 4.22. The lowest BCUT2D eigenvalue weighted by Gasteiger charge is -2.21. The Balaban J connectivity index is 3.22. The van der Waals surface area contributed by atoms with Crippen molar-refractivity contribution in [2.45, 2.75) is 25.2 Å². The zero-order valence-corrected chi connectivity index (χ0v) is 11.9. The van der Waals surface area contributed by atoms with Gasteiger partial charge in [0.15, 0.2) is 0 Å². The summed E-state index contributed by atoms with van der Waals surface area (Å²) in [5, 5.41) is 17.8. The minimum atomic E-state index is -3.62. The Morgan fingerprint density at radius 1 is 1.37 bits per heavy atom. The molecule has 1 N–H and O–H groups in total. The summed E-state index contributed by atoms with van der Waals surface area (Å²) in [7, 11) is -3.62. The Labute approximate surface area is 114 Å². The molecular formula is C13H18N2O3S. The number of nitrogens with zero attached hydrogens (tertiary/aromatic N) is 2. The van der Waals surface area contributed by atoms with E-state index in [1.807, 2.05) is 13.0 Å². The van der Waals surface area contributed by atoms with E-state index in [9.17, 15) is 8.42 Å². The largest absolute Gasteiger partial charge is 0.395 e. The van der Waals surface area contributed by atoms with Crippen molar-refractivity contribution in [2.75, 3.05) is 19.7 Å². The van der Waals surface area contributed by atoms with Gasteiger partial charge in [0.05, 0.1) is 23.1 Å². The number of rotatable bonds is 6. The van der Waals surface area contributed by atoms with E-state index in [1.165, 1.54) is 16.4 Å². The van der Waals surface area contributed by atoms with E-state index in [0.717, 1.165) is 0 Å². The van der Waals surface area contributed by atoms with Crippen LogP contribution in [0.5, 0.6) is 0 Å². The second kappa shape index (κ2) is 6.66. The van der Waals surface area contributed by atoms with Gasteiger partial charge in [-0.15, -0.1) is 0 Å². The number of aryl methyl sites for hydroxylation is 1. The van der Waals surface area contributed by atoms with Crippen LogP contribution in [0.3, 0.4) is 0 Å². The van der Waals surface area contributed by atoms with Crippen LogP contribution in [-0.2, 0) is 10.0 Å². The van der Waals surface area contributed by atoms with Crippen molar-refractivity contribution in [3.63, 3.8) is 0 Å². The van der Waals surface area contributed by atoms with Crippen LogP contribution in [0.1, 0.15) is 24.5 Å². The molecule has 1 aromatic rings. The molecule has 104 valence electrons. The van der Waals surface area contributed by atoms with Gasteiger partial charge in [-0.25, -0.2) is 8.42 Å². The number of benzene rings is 1. The molecule has 0 unspecified atom stereocenters. The first-order valence-corrected chi connectivity index (χ1v) is 7.53. The number of aliphatic hydroxyl groups excluding tert-OH is 1. The number of hydrogen-bond donors (Lipinski definition) is 1. The Kier molecular flexibility index (Phi) is 5.48. The molecule has 0 aromatic heterocycles. The number of aliphatic hydroxyl groups is 1. The average Bonchev–Trinajstić information content (AvgIpc) is 2.38. The molecule has 0 heterocycles. The van der Waals surface area contributed by atoms with Crippen molar-refractivity contribution in [2.24, 2.45) is 0 Å². The van der Waals surface area contributed by atoms with Crippen molar-refractivity contribution < 1.29 is 13.5 Å². The van der Waals surface area contributed by atoms with E-state index in [0.29, 0.717) is 24.1 Å². The lowest BCUT2D eigenvalue weighted by atomic mass is 10.2. The maximum absolute atomic E-state index is 12.5. The molecule has 0 radical (unpaired) electrons. The fourth-order valence-electron chi connectivity index (χ4n) is 1.86. The van der Waals surface area contributed by atoms with Crippen LogP contribution in [0, 0.1) is 18.3 Å². The molecule has 1 aromatic carbocycles. The minimum Gasteiger partial charge on any atom is -0.395 e. The van der Waals surface area contributed by atoms with E-state index >= 15 is 0 Å². The van der Waals surface area contributed by atoms with Crippen LogP contribution >= 0.6 is 0 Å². The predicted octanol–water partition coefficient (Wildman–Crippen LogP) is 1.26. The van der Waals surface area contributed by atoms with E-state index in [-0.39, 0.29) is 18.0 Å². The molecule has 0 amide bonds. The van der Waals surface area contributed by atoms with Crippen LogP contribution in [-0.4, -0.2) is 37.5 Å². The van der Waals surface area contributed by atoms with Gasteiger partial charge in [0.25, 0.3) is 0 Å². The molecule has 0 aliphatic heterocycles. The molecule has 0 fully saturated rings. The summed E-state index contributed by atoms with van der Waals surface area (Å²) < 4.78 is 26.2. The van der Waals surface area contributed by atoms with Gasteiger partial charge >= 0.3 is 0 Å². The first kappa shape index (κ1) is 15.6. The quantitative estimate of drug-likeness (QED) is 0.851. The van der Waals surface area contributed by atoms with Gasteiger partial charge in [0.2, 0.25) is 10.0 Å². The number of hydrogen-bond acceptors (Lipinski definition) is 4. The van der Waals surface area contributed by atoms with Gasteiger partial charge in [-0.2, -0.15) is 9.57 Å². The van der Waals surface area contributed by atoms with Crippen LogP contribution in [0.15, 0.2) is 23.1 Å². The Morgan fingerprint density at radius 2 is 2.05 bits per heavy atom. The molecule has 0 aliphatic rings. The highest BCUT2D eigenvalue weighted by molar-refractivity contribution is 7.89. The van der Waals surface area contributed by atoms with Crippen molar-refractivity contribution in [3.8, 4) is 6.07 Å². The zero-order chi connectivity index (χ0) is 14.5. The third-order valence-corrected chi connectivity index (χ3v) is 4.80. The summed E-state index contributed by atoms with van der Waals surface area (Å²) in [6.45, 7) is 3.77. The molecule has 19 heavy (non-hydrogen) atoms. The summed E-state index contributed by atoms with van der Waals surface area (Å²) in [4.78, 5) is 0.188. The predicted molar refractivity (Wildman–Crippen MR) is 72.0 cm³/mol. The van der Waals surface area contributed by atoms with E-state index in [1.54, 1.807) is 13.0 Å². The fourth-order valence-corrected chi connectivity index (χ4v) is 3.59. The van der Waals surface area contributed by atoms with Gasteiger partial charge in [0, 0.05) is 13.1 Å². The molecule has 0 atom stereocenters. The minimum absolute atomic E-state index is 0.0790. The molecule has 6 heteroatoms. The van der Waals surface area contributed by atoms with Crippen molar-refractivity contribution in [1.82, 2.24) is 4.31 Å². The normalized spacial score (nSPS) is 11.5. The maximum Gasteiger partial charge on any atom is 0.243 e. The third kappa shape index (κ3) is 3.53. The smallest absolute Gasteiger partial charge is 0.243 e. The summed E-state index contributed by atoms with van der Waals surface area (Å²) in [6.07, 6.45) is 0.675. The average molecular weight is 282 g/mol. The fraction of sp³-hybridized carbons (Fsp3) is 0.462. The highest BCUT2D eigenvalue weighted by Gasteiger charge is 2.24. The van der Waals surface area contributed by atoms with Crippen LogP contribution in [0.25, 0.3) is 0 Å². The molecule has 5 nitrogen and oxygen atoms in total. The third-order valence-electron chi connectivity index (χ3n) is 2.74. The van der Waals surface area contributed by atoms with E-state index in [2.05, 4.69) is 0 Å². The SMILES string of the molecule is CCCN(CCO)S(=O)(=O)c1ccc(C#N)cc1C. The highest BCUT2D eigenvalue weighted by Crippen LogP contribution is 2.21. The summed E-state index contributed by atoms with van der Waals surface area (Å²) in [5.41, 5.74) is 0.971. The molecule has 0 bridgehead atoms. The topological polar surface area (TPSA) is 81.4 Å². The molecule has 1 rings (SSSR count). The summed E-state index contributed by atoms with van der Waals surface area (Å²) >= 11 is 0. The Bertz CT molecular complexity index is 570. The van der Waals surface area contributed by atoms with Crippen LogP contribution in [0.4, 0.5) is 0 Å². The highest BCUT2D eigenvalue weighted by atomic mass is 32.2. The van der Waals surface area contributed by atoms with Crippen molar-refractivity contribution >= 4 is 10.0 Å². The van der Waals surface area contributed by atoms with E-state index < -0.39 is 10.0 Å². The van der Waals surface area contributed by atoms with Gasteiger partial charge < -0.3 is 5.11 Å². The Morgan fingerprint density at radius 3 is 2.53 bits per heavy atom. The molecular weight excluding hydrogens is 264 g/mol. The van der Waals surface area contributed by atoms with Crippen molar-refractivity contribution in [3.05, 3.63) is 29.3 Å². The van der Waals surface area contributed by atoms with Crippen LogP contribution in [0.2, 0.25) is 0 Å². The Hall–Kier alpha value is -1.42. The van der Waals surface area contributed by atoms with Gasteiger partial charge in [-0.05, 0) is 37.1 Å². The lowest BCUT2D eigenvalue weighted by Crippen LogP contribution is -2.34. The first-order valence-electron chi connectivity index (χ1n) is 6.09. The van der Waals surface area contributed by atoms with Gasteiger partial charge in [-0.1, -0.05) is 6.92 Å². The van der Waals surface area contributed by atoms with Gasteiger partial charge in [-0.3, -0.25) is 0 Å². The first-order chi connectivity index (χ1) is 8.97. The summed E-state index contributed by atoms with van der Waals surface area (Å²) in [5.74, 6) is 0. The molecule has 0 saturated carbocycles. The molecule has 0 saturated heterocycles. The zero-order valence-electron chi connectivity index (χ0n) is 11.1. The number of sulfonamides is 1. The van der Waals surface area contributed by atoms with E-state index in [4.69, 9.17) is 10.4 Å². The summed E-state index contributed by atoms with van der Waals surface area (Å²) in [6, 6.07) is 6.47. The maximum atomic E-state index is 12.5. The van der Waals surface area contributed by atoms with Crippen molar-refractivity contribution in [1.29, 1.82) is 5.26 Å². The van der Waals surface area contributed by atoms with Gasteiger partial charge in [0.1, 0.15) is 0 Å². The monoisotopic (exact) mass is 282 g/mol. The molecule has 0 spiro atoms.